The van der Waals surface area contributed by atoms with E-state index < -0.39 is 27.5 Å². The molecular weight excluding hydrogens is 521 g/mol. The van der Waals surface area contributed by atoms with E-state index in [2.05, 4.69) is 19.6 Å². The summed E-state index contributed by atoms with van der Waals surface area (Å²) in [4.78, 5) is 18.0. The number of H-pyrrole nitrogens is 1. The molecule has 0 saturated carbocycles. The molecule has 0 fully saturated rings. The molecule has 0 amide bonds. The molecule has 1 aliphatic rings. The normalized spacial score (nSPS) is 14.1. The van der Waals surface area contributed by atoms with Crippen LogP contribution in [0.3, 0.4) is 0 Å². The van der Waals surface area contributed by atoms with Crippen molar-refractivity contribution in [3.63, 3.8) is 0 Å². The van der Waals surface area contributed by atoms with E-state index in [1.807, 2.05) is 0 Å². The van der Waals surface area contributed by atoms with Crippen LogP contribution in [-0.4, -0.2) is 30.1 Å². The van der Waals surface area contributed by atoms with E-state index in [-0.39, 0.29) is 22.3 Å². The summed E-state index contributed by atoms with van der Waals surface area (Å²) in [5.41, 5.74) is 1.36. The predicted octanol–water partition coefficient (Wildman–Crippen LogP) is 4.91. The molecule has 0 aliphatic carbocycles. The fraction of sp³-hybridized carbons (Fsp3) is 0.174. The number of rotatable bonds is 4. The second-order valence-electron chi connectivity index (χ2n) is 8.00. The molecule has 0 radical (unpaired) electrons. The van der Waals surface area contributed by atoms with Crippen LogP contribution in [0.5, 0.6) is 0 Å². The number of halogens is 4. The van der Waals surface area contributed by atoms with Crippen molar-refractivity contribution in [2.24, 2.45) is 0 Å². The number of pyridine rings is 1. The highest BCUT2D eigenvalue weighted by Gasteiger charge is 2.32. The van der Waals surface area contributed by atoms with E-state index in [1.165, 1.54) is 34.6 Å². The first-order valence-corrected chi connectivity index (χ1v) is 12.4. The van der Waals surface area contributed by atoms with Crippen LogP contribution in [0, 0.1) is 0 Å². The van der Waals surface area contributed by atoms with Crippen molar-refractivity contribution in [3.05, 3.63) is 81.4 Å². The van der Waals surface area contributed by atoms with Gasteiger partial charge in [-0.15, -0.1) is 0 Å². The summed E-state index contributed by atoms with van der Waals surface area (Å²) in [7, 11) is -4.02. The lowest BCUT2D eigenvalue weighted by Crippen LogP contribution is -2.35. The summed E-state index contributed by atoms with van der Waals surface area (Å²) in [6, 6.07) is 11.8. The van der Waals surface area contributed by atoms with Crippen molar-refractivity contribution in [1.82, 2.24) is 15.1 Å². The van der Waals surface area contributed by atoms with E-state index >= 15 is 0 Å². The van der Waals surface area contributed by atoms with Gasteiger partial charge in [-0.3, -0.25) is 18.8 Å². The average Bonchev–Trinajstić information content (AvgIpc) is 3.28. The molecule has 0 atom stereocenters. The monoisotopic (exact) mass is 536 g/mol. The Bertz CT molecular complexity index is 1620. The molecule has 2 aromatic carbocycles. The van der Waals surface area contributed by atoms with Crippen molar-refractivity contribution in [2.45, 2.75) is 23.9 Å². The van der Waals surface area contributed by atoms with Crippen LogP contribution in [0.25, 0.3) is 22.6 Å². The van der Waals surface area contributed by atoms with Crippen molar-refractivity contribution < 1.29 is 26.1 Å². The number of hydrogen-bond acceptors (Lipinski definition) is 6. The van der Waals surface area contributed by atoms with E-state index in [9.17, 15) is 26.4 Å². The molecule has 4 aromatic rings. The van der Waals surface area contributed by atoms with Crippen LogP contribution in [-0.2, 0) is 22.6 Å². The maximum atomic E-state index is 13.5. The van der Waals surface area contributed by atoms with Gasteiger partial charge in [0.25, 0.3) is 10.0 Å². The van der Waals surface area contributed by atoms with Gasteiger partial charge in [0.05, 0.1) is 32.6 Å². The first-order chi connectivity index (χ1) is 17.0. The molecule has 0 saturated heterocycles. The molecule has 2 aromatic heterocycles. The van der Waals surface area contributed by atoms with E-state index in [1.54, 1.807) is 12.1 Å². The second-order valence-corrected chi connectivity index (χ2v) is 10.3. The summed E-state index contributed by atoms with van der Waals surface area (Å²) < 4.78 is 71.3. The highest BCUT2D eigenvalue weighted by Crippen LogP contribution is 2.36. The number of fused-ring (bicyclic) bond motifs is 1. The Hall–Kier alpha value is -3.64. The van der Waals surface area contributed by atoms with Gasteiger partial charge in [-0.05, 0) is 55.3 Å². The molecule has 1 N–H and O–H groups in total. The number of aromatic amines is 1. The number of hydrogen-bond donors (Lipinski definition) is 1. The first kappa shape index (κ1) is 24.1. The largest absolute Gasteiger partial charge is 0.439 e. The van der Waals surface area contributed by atoms with Gasteiger partial charge >= 0.3 is 11.9 Å². The van der Waals surface area contributed by atoms with Crippen molar-refractivity contribution in [3.8, 4) is 22.6 Å². The summed E-state index contributed by atoms with van der Waals surface area (Å²) in [6.45, 7) is 0.215. The summed E-state index contributed by atoms with van der Waals surface area (Å²) in [5.74, 6) is -0.705. The lowest BCUT2D eigenvalue weighted by molar-refractivity contribution is -0.137. The number of aromatic nitrogens is 3. The third-order valence-corrected chi connectivity index (χ3v) is 7.85. The smallest absolute Gasteiger partial charge is 0.296 e. The third kappa shape index (κ3) is 4.37. The highest BCUT2D eigenvalue weighted by molar-refractivity contribution is 7.92. The quantitative estimate of drug-likeness (QED) is 0.397. The van der Waals surface area contributed by atoms with Crippen LogP contribution in [0.2, 0.25) is 5.02 Å². The highest BCUT2D eigenvalue weighted by atomic mass is 35.5. The molecule has 3 heterocycles. The van der Waals surface area contributed by atoms with Crippen LogP contribution >= 0.6 is 11.6 Å². The van der Waals surface area contributed by atoms with Gasteiger partial charge in [-0.25, -0.2) is 13.2 Å². The minimum atomic E-state index is -4.44. The number of nitrogens with one attached hydrogen (secondary N) is 1. The van der Waals surface area contributed by atoms with Gasteiger partial charge in [0.1, 0.15) is 0 Å². The third-order valence-electron chi connectivity index (χ3n) is 5.73. The fourth-order valence-electron chi connectivity index (χ4n) is 3.98. The minimum absolute atomic E-state index is 0.0497. The van der Waals surface area contributed by atoms with Crippen LogP contribution in [0.4, 0.5) is 18.9 Å². The number of aryl methyl sites for hydroxylation is 1. The van der Waals surface area contributed by atoms with Gasteiger partial charge in [0, 0.05) is 17.7 Å². The zero-order chi connectivity index (χ0) is 25.7. The molecule has 36 heavy (non-hydrogen) atoms. The van der Waals surface area contributed by atoms with Gasteiger partial charge in [-0.2, -0.15) is 13.2 Å². The second kappa shape index (κ2) is 8.79. The standard InChI is InChI=1S/C23H16ClF3N4O4S/c24-17-12-15(7-8-16(17)21-29-22(32)35-30-21)36(33,34)31-11-1-2-19-20(31)10-9-18(28-19)13-3-5-14(6-4-13)23(25,26)27/h3-10,12H,1-2,11H2,(H,29,30,32). The first-order valence-electron chi connectivity index (χ1n) is 10.6. The van der Waals surface area contributed by atoms with Crippen molar-refractivity contribution in [2.75, 3.05) is 10.8 Å². The van der Waals surface area contributed by atoms with E-state index in [0.717, 1.165) is 12.1 Å². The van der Waals surface area contributed by atoms with E-state index in [0.29, 0.717) is 41.0 Å². The zero-order valence-corrected chi connectivity index (χ0v) is 19.8. The average molecular weight is 537 g/mol. The summed E-state index contributed by atoms with van der Waals surface area (Å²) in [6.07, 6.45) is -3.43. The van der Waals surface area contributed by atoms with Crippen LogP contribution in [0.1, 0.15) is 17.7 Å². The van der Waals surface area contributed by atoms with Crippen molar-refractivity contribution in [1.29, 1.82) is 0 Å². The number of alkyl halides is 3. The minimum Gasteiger partial charge on any atom is -0.296 e. The lowest BCUT2D eigenvalue weighted by Gasteiger charge is -2.30. The molecule has 13 heteroatoms. The lowest BCUT2D eigenvalue weighted by atomic mass is 10.1. The molecule has 0 bridgehead atoms. The fourth-order valence-corrected chi connectivity index (χ4v) is 5.87. The Morgan fingerprint density at radius 3 is 2.44 bits per heavy atom. The number of benzene rings is 2. The maximum Gasteiger partial charge on any atom is 0.439 e. The van der Waals surface area contributed by atoms with Gasteiger partial charge in [-0.1, -0.05) is 28.9 Å². The number of sulfonamides is 1. The van der Waals surface area contributed by atoms with Crippen LogP contribution in [0.15, 0.2) is 68.8 Å². The summed E-state index contributed by atoms with van der Waals surface area (Å²) >= 11 is 6.28. The number of anilines is 1. The Morgan fingerprint density at radius 1 is 1.06 bits per heavy atom. The maximum absolute atomic E-state index is 13.5. The molecule has 5 rings (SSSR count). The molecule has 1 aliphatic heterocycles. The topological polar surface area (TPSA) is 109 Å². The molecule has 0 spiro atoms. The molecular formula is C23H16ClF3N4O4S. The summed E-state index contributed by atoms with van der Waals surface area (Å²) in [5, 5.41) is 3.61. The number of nitrogens with zero attached hydrogens (tertiary/aromatic N) is 3. The Balaban J connectivity index is 1.47. The predicted molar refractivity (Wildman–Crippen MR) is 125 cm³/mol. The Morgan fingerprint density at radius 2 is 1.81 bits per heavy atom. The molecule has 8 nitrogen and oxygen atoms in total. The van der Waals surface area contributed by atoms with Gasteiger partial charge in [0.2, 0.25) is 0 Å². The van der Waals surface area contributed by atoms with Crippen LogP contribution < -0.4 is 10.1 Å². The van der Waals surface area contributed by atoms with Gasteiger partial charge < -0.3 is 0 Å². The van der Waals surface area contributed by atoms with E-state index in [4.69, 9.17) is 11.6 Å². The van der Waals surface area contributed by atoms with Crippen molar-refractivity contribution >= 4 is 27.3 Å². The Labute approximate surface area is 207 Å². The van der Waals surface area contributed by atoms with Gasteiger partial charge in [0.15, 0.2) is 5.82 Å². The molecule has 0 unspecified atom stereocenters. The molecule has 186 valence electrons. The SMILES string of the molecule is O=c1[nH]c(-c2ccc(S(=O)(=O)N3CCCc4nc(-c5ccc(C(F)(F)F)cc5)ccc43)cc2Cl)no1. The Kier molecular flexibility index (Phi) is 5.87. The zero-order valence-electron chi connectivity index (χ0n) is 18.2.